The molecule has 0 fully saturated rings. The largest absolute Gasteiger partial charge is 1.00 e. The molecule has 9 heteroatoms. The molecule has 1 rings (SSSR count). The Hall–Kier alpha value is 0.791. The molecule has 0 atom stereocenters. The van der Waals surface area contributed by atoms with Gasteiger partial charge in [0, 0.05) is 10.6 Å². The van der Waals surface area contributed by atoms with Crippen LogP contribution in [0.2, 0.25) is 5.02 Å². The van der Waals surface area contributed by atoms with Gasteiger partial charge in [0.25, 0.3) is 0 Å². The Labute approximate surface area is 135 Å². The van der Waals surface area contributed by atoms with Crippen LogP contribution < -0.4 is 56.8 Å². The van der Waals surface area contributed by atoms with Crippen LogP contribution >= 0.6 is 11.6 Å². The van der Waals surface area contributed by atoms with Gasteiger partial charge in [-0.3, -0.25) is 0 Å². The molecule has 0 N–H and O–H groups in total. The fourth-order valence-corrected chi connectivity index (χ4v) is 1.40. The minimum absolute atomic E-state index is 0. The SMILES string of the molecule is F[B-](F)(F)c1cccc(Cl)c1C(F)(F)F.[K+]. The van der Waals surface area contributed by atoms with E-state index in [2.05, 4.69) is 0 Å². The minimum Gasteiger partial charge on any atom is -0.445 e. The van der Waals surface area contributed by atoms with Gasteiger partial charge in [-0.15, -0.1) is 0 Å². The standard InChI is InChI=1S/C7H3BClF6.K/c9-5-3-1-2-4(8(13,14)15)6(5)7(10,11)12;/h1-3H;/q-1;+1. The smallest absolute Gasteiger partial charge is 0.445 e. The minimum atomic E-state index is -5.73. The topological polar surface area (TPSA) is 0 Å². The molecule has 0 aliphatic heterocycles. The fraction of sp³-hybridized carbons (Fsp3) is 0.143. The van der Waals surface area contributed by atoms with E-state index in [1.165, 1.54) is 0 Å². The maximum absolute atomic E-state index is 12.3. The van der Waals surface area contributed by atoms with E-state index in [-0.39, 0.29) is 51.4 Å². The zero-order valence-electron chi connectivity index (χ0n) is 7.96. The summed E-state index contributed by atoms with van der Waals surface area (Å²) in [5, 5.41) is -0.945. The summed E-state index contributed by atoms with van der Waals surface area (Å²) in [5.74, 6) is 0. The summed E-state index contributed by atoms with van der Waals surface area (Å²) < 4.78 is 73.6. The summed E-state index contributed by atoms with van der Waals surface area (Å²) in [5.41, 5.74) is -3.53. The van der Waals surface area contributed by atoms with Crippen molar-refractivity contribution in [3.8, 4) is 0 Å². The van der Waals surface area contributed by atoms with Crippen molar-refractivity contribution < 1.29 is 77.5 Å². The van der Waals surface area contributed by atoms with E-state index in [1.54, 1.807) is 0 Å². The Morgan fingerprint density at radius 1 is 1.06 bits per heavy atom. The Balaban J connectivity index is 0.00000225. The fourth-order valence-electron chi connectivity index (χ4n) is 1.11. The molecule has 0 nitrogen and oxygen atoms in total. The van der Waals surface area contributed by atoms with Crippen LogP contribution in [0.4, 0.5) is 26.1 Å². The third-order valence-corrected chi connectivity index (χ3v) is 2.00. The van der Waals surface area contributed by atoms with Crippen LogP contribution in [0.15, 0.2) is 18.2 Å². The van der Waals surface area contributed by atoms with Crippen LogP contribution in [0.3, 0.4) is 0 Å². The Morgan fingerprint density at radius 2 is 1.56 bits per heavy atom. The van der Waals surface area contributed by atoms with Gasteiger partial charge in [0.15, 0.2) is 0 Å². The Kier molecular flexibility index (Phi) is 5.90. The van der Waals surface area contributed by atoms with Crippen molar-refractivity contribution in [3.63, 3.8) is 0 Å². The van der Waals surface area contributed by atoms with Gasteiger partial charge in [0.1, 0.15) is 0 Å². The van der Waals surface area contributed by atoms with Gasteiger partial charge in [0.05, 0.1) is 0 Å². The first-order chi connectivity index (χ1) is 6.64. The Morgan fingerprint density at radius 3 is 1.88 bits per heavy atom. The normalized spacial score (nSPS) is 12.2. The number of hydrogen-bond donors (Lipinski definition) is 0. The van der Waals surface area contributed by atoms with E-state index in [0.717, 1.165) is 12.1 Å². The van der Waals surface area contributed by atoms with E-state index in [1.807, 2.05) is 0 Å². The van der Waals surface area contributed by atoms with Crippen molar-refractivity contribution in [2.24, 2.45) is 0 Å². The zero-order chi connectivity index (χ0) is 11.9. The molecule has 0 heterocycles. The van der Waals surface area contributed by atoms with Crippen molar-refractivity contribution in [3.05, 3.63) is 28.8 Å². The molecule has 0 unspecified atom stereocenters. The zero-order valence-corrected chi connectivity index (χ0v) is 11.8. The molecule has 0 amide bonds. The molecule has 0 saturated heterocycles. The summed E-state index contributed by atoms with van der Waals surface area (Å²) in [4.78, 5) is 0. The third kappa shape index (κ3) is 3.92. The molecule has 0 aliphatic carbocycles. The van der Waals surface area contributed by atoms with E-state index in [4.69, 9.17) is 11.6 Å². The van der Waals surface area contributed by atoms with Gasteiger partial charge in [-0.1, -0.05) is 29.2 Å². The second-order valence-electron chi connectivity index (χ2n) is 2.78. The van der Waals surface area contributed by atoms with E-state index >= 15 is 0 Å². The molecule has 1 aromatic carbocycles. The van der Waals surface area contributed by atoms with Gasteiger partial charge in [0.2, 0.25) is 0 Å². The van der Waals surface area contributed by atoms with Crippen LogP contribution in [0.5, 0.6) is 0 Å². The average molecular weight is 286 g/mol. The van der Waals surface area contributed by atoms with E-state index in [9.17, 15) is 26.1 Å². The predicted molar refractivity (Wildman–Crippen MR) is 45.2 cm³/mol. The van der Waals surface area contributed by atoms with Crippen LogP contribution in [0, 0.1) is 0 Å². The number of halogens is 7. The van der Waals surface area contributed by atoms with Gasteiger partial charge < -0.3 is 12.9 Å². The maximum Gasteiger partial charge on any atom is 1.00 e. The summed E-state index contributed by atoms with van der Waals surface area (Å²) in [6.45, 7) is -5.73. The quantitative estimate of drug-likeness (QED) is 0.518. The molecular weight excluding hydrogens is 283 g/mol. The molecular formula is C7H3BClF6K. The summed E-state index contributed by atoms with van der Waals surface area (Å²) in [6.07, 6.45) is -5.11. The maximum atomic E-state index is 12.3. The molecule has 0 aliphatic rings. The molecule has 0 saturated carbocycles. The van der Waals surface area contributed by atoms with E-state index in [0.29, 0.717) is 6.07 Å². The first-order valence-corrected chi connectivity index (χ1v) is 4.07. The van der Waals surface area contributed by atoms with Crippen molar-refractivity contribution in [2.45, 2.75) is 6.18 Å². The first-order valence-electron chi connectivity index (χ1n) is 3.69. The second kappa shape index (κ2) is 5.62. The number of benzene rings is 1. The van der Waals surface area contributed by atoms with Crippen LogP contribution in [0.25, 0.3) is 0 Å². The molecule has 0 spiro atoms. The second-order valence-corrected chi connectivity index (χ2v) is 3.18. The first kappa shape index (κ1) is 16.8. The number of hydrogen-bond acceptors (Lipinski definition) is 0. The van der Waals surface area contributed by atoms with Crippen LogP contribution in [0.1, 0.15) is 5.56 Å². The molecule has 84 valence electrons. The molecule has 0 radical (unpaired) electrons. The van der Waals surface area contributed by atoms with Crippen molar-refractivity contribution in [1.29, 1.82) is 0 Å². The number of alkyl halides is 3. The van der Waals surface area contributed by atoms with Gasteiger partial charge in [-0.2, -0.15) is 13.2 Å². The average Bonchev–Trinajstić information content (AvgIpc) is 1.99. The number of rotatable bonds is 1. The predicted octanol–water partition coefficient (Wildman–Crippen LogP) is 0.417. The molecule has 16 heavy (non-hydrogen) atoms. The third-order valence-electron chi connectivity index (χ3n) is 1.68. The Bertz CT molecular complexity index is 374. The van der Waals surface area contributed by atoms with Crippen LogP contribution in [-0.2, 0) is 6.18 Å². The summed E-state index contributed by atoms with van der Waals surface area (Å²) in [7, 11) is 0. The van der Waals surface area contributed by atoms with Gasteiger partial charge in [-0.25, -0.2) is 0 Å². The van der Waals surface area contributed by atoms with Crippen molar-refractivity contribution >= 4 is 24.0 Å². The van der Waals surface area contributed by atoms with Crippen molar-refractivity contribution in [2.75, 3.05) is 0 Å². The molecule has 0 aromatic heterocycles. The van der Waals surface area contributed by atoms with Crippen molar-refractivity contribution in [1.82, 2.24) is 0 Å². The monoisotopic (exact) mass is 286 g/mol. The summed E-state index contributed by atoms with van der Waals surface area (Å²) in [6, 6.07) is 1.98. The van der Waals surface area contributed by atoms with Gasteiger partial charge in [-0.05, 0) is 6.07 Å². The van der Waals surface area contributed by atoms with Crippen LogP contribution in [-0.4, -0.2) is 6.98 Å². The van der Waals surface area contributed by atoms with Gasteiger partial charge >= 0.3 is 64.5 Å². The summed E-state index contributed by atoms with van der Waals surface area (Å²) >= 11 is 5.11. The van der Waals surface area contributed by atoms with E-state index < -0.39 is 29.2 Å². The molecule has 0 bridgehead atoms. The molecule has 1 aromatic rings.